The molecule has 20 heavy (non-hydrogen) atoms. The van der Waals surface area contributed by atoms with E-state index in [9.17, 15) is 0 Å². The smallest absolute Gasteiger partial charge is 0.245 e. The Hall–Kier alpha value is -2.16. The summed E-state index contributed by atoms with van der Waals surface area (Å²) in [6.07, 6.45) is 10.3. The summed E-state index contributed by atoms with van der Waals surface area (Å²) in [5, 5.41) is 0. The van der Waals surface area contributed by atoms with Gasteiger partial charge in [0.1, 0.15) is 11.4 Å². The van der Waals surface area contributed by atoms with Crippen molar-refractivity contribution in [3.05, 3.63) is 54.0 Å². The number of ether oxygens (including phenoxy) is 1. The number of aromatic nitrogens is 2. The molecule has 0 unspecified atom stereocenters. The zero-order chi connectivity index (χ0) is 13.8. The van der Waals surface area contributed by atoms with Crippen molar-refractivity contribution in [3.8, 4) is 11.6 Å². The highest BCUT2D eigenvalue weighted by molar-refractivity contribution is 5.66. The van der Waals surface area contributed by atoms with Gasteiger partial charge in [-0.3, -0.25) is 0 Å². The second kappa shape index (κ2) is 5.87. The normalized spacial score (nSPS) is 14.8. The largest absolute Gasteiger partial charge is 0.437 e. The Morgan fingerprint density at radius 1 is 1.00 bits per heavy atom. The lowest BCUT2D eigenvalue weighted by Crippen LogP contribution is -2.00. The fourth-order valence-corrected chi connectivity index (χ4v) is 2.39. The molecule has 0 aliphatic heterocycles. The number of nitrogens with zero attached hydrogens (tertiary/aromatic N) is 2. The van der Waals surface area contributed by atoms with Gasteiger partial charge in [0, 0.05) is 12.4 Å². The van der Waals surface area contributed by atoms with E-state index in [2.05, 4.69) is 23.0 Å². The summed E-state index contributed by atoms with van der Waals surface area (Å²) in [6.45, 7) is 2.06. The Kier molecular flexibility index (Phi) is 3.77. The Balaban J connectivity index is 1.89. The first-order valence-electron chi connectivity index (χ1n) is 7.08. The van der Waals surface area contributed by atoms with Crippen LogP contribution in [0, 0.1) is 6.92 Å². The van der Waals surface area contributed by atoms with Gasteiger partial charge in [-0.25, -0.2) is 9.97 Å². The fraction of sp³-hybridized carbons (Fsp3) is 0.294. The SMILES string of the molecule is Cc1ccc(Oc2nccnc2C2=CCCCC2)cc1. The van der Waals surface area contributed by atoms with Gasteiger partial charge < -0.3 is 4.74 Å². The molecule has 102 valence electrons. The maximum Gasteiger partial charge on any atom is 0.245 e. The third-order valence-corrected chi connectivity index (χ3v) is 3.50. The number of hydrogen-bond acceptors (Lipinski definition) is 3. The number of aryl methyl sites for hydroxylation is 1. The molecule has 0 saturated carbocycles. The van der Waals surface area contributed by atoms with E-state index in [1.807, 2.05) is 24.3 Å². The standard InChI is InChI=1S/C17H18N2O/c1-13-7-9-15(10-8-13)20-17-16(18-11-12-19-17)14-5-3-2-4-6-14/h5,7-12H,2-4,6H2,1H3. The Labute approximate surface area is 119 Å². The van der Waals surface area contributed by atoms with Crippen LogP contribution in [0.2, 0.25) is 0 Å². The maximum atomic E-state index is 5.90. The van der Waals surface area contributed by atoms with Crippen LogP contribution in [0.15, 0.2) is 42.7 Å². The second-order valence-corrected chi connectivity index (χ2v) is 5.10. The van der Waals surface area contributed by atoms with Gasteiger partial charge in [0.2, 0.25) is 5.88 Å². The van der Waals surface area contributed by atoms with Crippen LogP contribution in [-0.4, -0.2) is 9.97 Å². The molecular formula is C17H18N2O. The van der Waals surface area contributed by atoms with Crippen molar-refractivity contribution in [1.29, 1.82) is 0 Å². The molecule has 1 aromatic heterocycles. The van der Waals surface area contributed by atoms with Crippen LogP contribution in [0.4, 0.5) is 0 Å². The van der Waals surface area contributed by atoms with Crippen molar-refractivity contribution in [2.24, 2.45) is 0 Å². The molecule has 2 aromatic rings. The van der Waals surface area contributed by atoms with Crippen LogP contribution in [-0.2, 0) is 0 Å². The highest BCUT2D eigenvalue weighted by atomic mass is 16.5. The first-order valence-corrected chi connectivity index (χ1v) is 7.08. The molecule has 0 amide bonds. The topological polar surface area (TPSA) is 35.0 Å². The summed E-state index contributed by atoms with van der Waals surface area (Å²) in [5.74, 6) is 1.40. The summed E-state index contributed by atoms with van der Waals surface area (Å²) in [6, 6.07) is 7.99. The summed E-state index contributed by atoms with van der Waals surface area (Å²) in [5.41, 5.74) is 3.35. The molecule has 0 saturated heterocycles. The van der Waals surface area contributed by atoms with Crippen molar-refractivity contribution in [2.75, 3.05) is 0 Å². The number of hydrogen-bond donors (Lipinski definition) is 0. The molecule has 0 N–H and O–H groups in total. The van der Waals surface area contributed by atoms with E-state index < -0.39 is 0 Å². The molecule has 0 atom stereocenters. The van der Waals surface area contributed by atoms with E-state index in [4.69, 9.17) is 4.74 Å². The van der Waals surface area contributed by atoms with Crippen LogP contribution in [0.1, 0.15) is 36.9 Å². The van der Waals surface area contributed by atoms with Gasteiger partial charge in [-0.15, -0.1) is 0 Å². The van der Waals surface area contributed by atoms with E-state index in [1.54, 1.807) is 12.4 Å². The van der Waals surface area contributed by atoms with Crippen LogP contribution >= 0.6 is 0 Å². The average molecular weight is 266 g/mol. The first kappa shape index (κ1) is 12.9. The molecule has 1 aliphatic carbocycles. The molecule has 1 heterocycles. The molecule has 0 radical (unpaired) electrons. The third kappa shape index (κ3) is 2.87. The number of benzene rings is 1. The Bertz CT molecular complexity index is 617. The predicted molar refractivity (Wildman–Crippen MR) is 79.7 cm³/mol. The van der Waals surface area contributed by atoms with E-state index in [1.165, 1.54) is 24.0 Å². The minimum atomic E-state index is 0.601. The van der Waals surface area contributed by atoms with Crippen molar-refractivity contribution in [3.63, 3.8) is 0 Å². The van der Waals surface area contributed by atoms with Gasteiger partial charge in [-0.2, -0.15) is 0 Å². The molecule has 0 bridgehead atoms. The molecule has 3 rings (SSSR count). The van der Waals surface area contributed by atoms with E-state index in [0.717, 1.165) is 24.3 Å². The van der Waals surface area contributed by atoms with Crippen molar-refractivity contribution < 1.29 is 4.74 Å². The first-order chi connectivity index (χ1) is 9.83. The zero-order valence-corrected chi connectivity index (χ0v) is 11.7. The summed E-state index contributed by atoms with van der Waals surface area (Å²) < 4.78 is 5.90. The van der Waals surface area contributed by atoms with Gasteiger partial charge in [0.25, 0.3) is 0 Å². The van der Waals surface area contributed by atoms with Gasteiger partial charge in [-0.1, -0.05) is 23.8 Å². The highest BCUT2D eigenvalue weighted by Crippen LogP contribution is 2.32. The van der Waals surface area contributed by atoms with Crippen LogP contribution in [0.5, 0.6) is 11.6 Å². The molecule has 0 fully saturated rings. The molecule has 0 spiro atoms. The maximum absolute atomic E-state index is 5.90. The van der Waals surface area contributed by atoms with Crippen LogP contribution in [0.25, 0.3) is 5.57 Å². The van der Waals surface area contributed by atoms with Crippen molar-refractivity contribution in [1.82, 2.24) is 9.97 Å². The average Bonchev–Trinajstić information content (AvgIpc) is 2.51. The monoisotopic (exact) mass is 266 g/mol. The summed E-state index contributed by atoms with van der Waals surface area (Å²) >= 11 is 0. The lowest BCUT2D eigenvalue weighted by atomic mass is 9.97. The Morgan fingerprint density at radius 2 is 1.80 bits per heavy atom. The highest BCUT2D eigenvalue weighted by Gasteiger charge is 2.14. The lowest BCUT2D eigenvalue weighted by molar-refractivity contribution is 0.457. The van der Waals surface area contributed by atoms with Gasteiger partial charge in [0.05, 0.1) is 0 Å². The number of allylic oxidation sites excluding steroid dienone is 2. The predicted octanol–water partition coefficient (Wildman–Crippen LogP) is 4.53. The third-order valence-electron chi connectivity index (χ3n) is 3.50. The fourth-order valence-electron chi connectivity index (χ4n) is 2.39. The van der Waals surface area contributed by atoms with E-state index in [-0.39, 0.29) is 0 Å². The van der Waals surface area contributed by atoms with E-state index >= 15 is 0 Å². The van der Waals surface area contributed by atoms with Crippen molar-refractivity contribution in [2.45, 2.75) is 32.6 Å². The van der Waals surface area contributed by atoms with Gasteiger partial charge in [0.15, 0.2) is 0 Å². The second-order valence-electron chi connectivity index (χ2n) is 5.10. The van der Waals surface area contributed by atoms with Crippen LogP contribution < -0.4 is 4.74 Å². The quantitative estimate of drug-likeness (QED) is 0.818. The van der Waals surface area contributed by atoms with Gasteiger partial charge in [-0.05, 0) is 50.3 Å². The molecule has 3 nitrogen and oxygen atoms in total. The molecular weight excluding hydrogens is 248 g/mol. The minimum absolute atomic E-state index is 0.601. The van der Waals surface area contributed by atoms with Gasteiger partial charge >= 0.3 is 0 Å². The number of rotatable bonds is 3. The molecule has 1 aliphatic rings. The van der Waals surface area contributed by atoms with Crippen LogP contribution in [0.3, 0.4) is 0 Å². The molecule has 3 heteroatoms. The molecule has 1 aromatic carbocycles. The Morgan fingerprint density at radius 3 is 2.55 bits per heavy atom. The zero-order valence-electron chi connectivity index (χ0n) is 11.7. The van der Waals surface area contributed by atoms with E-state index in [0.29, 0.717) is 5.88 Å². The summed E-state index contributed by atoms with van der Waals surface area (Å²) in [7, 11) is 0. The lowest BCUT2D eigenvalue weighted by Gasteiger charge is -2.14. The van der Waals surface area contributed by atoms with Crippen molar-refractivity contribution >= 4 is 5.57 Å². The summed E-state index contributed by atoms with van der Waals surface area (Å²) in [4.78, 5) is 8.81. The minimum Gasteiger partial charge on any atom is -0.437 e.